The summed E-state index contributed by atoms with van der Waals surface area (Å²) < 4.78 is 7.36. The third-order valence-corrected chi connectivity index (χ3v) is 9.05. The van der Waals surface area contributed by atoms with E-state index >= 15 is 0 Å². The van der Waals surface area contributed by atoms with Crippen molar-refractivity contribution in [2.24, 2.45) is 5.92 Å². The number of thiophene rings is 1. The molecule has 5 rings (SSSR count). The minimum atomic E-state index is -0.202. The van der Waals surface area contributed by atoms with Gasteiger partial charge in [-0.2, -0.15) is 0 Å². The van der Waals surface area contributed by atoms with Crippen LogP contribution in [0.5, 0.6) is 0 Å². The van der Waals surface area contributed by atoms with E-state index in [-0.39, 0.29) is 5.60 Å². The number of hydrogen-bond donors (Lipinski definition) is 0. The minimum Gasteiger partial charge on any atom is -0.370 e. The van der Waals surface area contributed by atoms with Gasteiger partial charge < -0.3 is 4.74 Å². The molecule has 1 aliphatic rings. The van der Waals surface area contributed by atoms with Crippen LogP contribution in [-0.4, -0.2) is 26.8 Å². The molecular weight excluding hydrogens is 502 g/mol. The fourth-order valence-electron chi connectivity index (χ4n) is 4.37. The third-order valence-electron chi connectivity index (χ3n) is 6.00. The molecule has 8 heteroatoms. The van der Waals surface area contributed by atoms with Gasteiger partial charge in [-0.05, 0) is 55.7 Å². The molecule has 4 heterocycles. The first-order valence-electron chi connectivity index (χ1n) is 11.4. The van der Waals surface area contributed by atoms with Crippen LogP contribution in [0.1, 0.15) is 50.1 Å². The van der Waals surface area contributed by atoms with Gasteiger partial charge in [0.15, 0.2) is 5.16 Å². The maximum absolute atomic E-state index is 6.23. The van der Waals surface area contributed by atoms with Crippen LogP contribution in [0.4, 0.5) is 0 Å². The highest BCUT2D eigenvalue weighted by atomic mass is 35.5. The average molecular weight is 530 g/mol. The molecule has 1 aromatic carbocycles. The van der Waals surface area contributed by atoms with Crippen molar-refractivity contribution in [3.63, 3.8) is 0 Å². The smallest absolute Gasteiger partial charge is 0.189 e. The first kappa shape index (κ1) is 24.3. The zero-order valence-electron chi connectivity index (χ0n) is 20.1. The second-order valence-corrected chi connectivity index (χ2v) is 12.9. The van der Waals surface area contributed by atoms with E-state index < -0.39 is 0 Å². The lowest BCUT2D eigenvalue weighted by molar-refractivity contribution is -0.0402. The number of ether oxygens (including phenoxy) is 1. The average Bonchev–Trinajstić information content (AvgIpc) is 3.15. The van der Waals surface area contributed by atoms with E-state index in [0.717, 1.165) is 48.8 Å². The molecule has 0 radical (unpaired) electrons. The SMILES string of the molecule is CSc1nc(SCc2ccc(Cl)cc2)c2sc3nc(CC(C)C)c4c(c3c2n1)CC(C)(C)OC4. The molecular formula is C26H28ClN3OS3. The predicted octanol–water partition coefficient (Wildman–Crippen LogP) is 7.96. The van der Waals surface area contributed by atoms with E-state index in [1.807, 2.05) is 18.4 Å². The molecule has 1 aliphatic heterocycles. The molecule has 0 unspecified atom stereocenters. The summed E-state index contributed by atoms with van der Waals surface area (Å²) in [5.74, 6) is 1.36. The fraction of sp³-hybridized carbons (Fsp3) is 0.423. The van der Waals surface area contributed by atoms with Crippen LogP contribution in [0.3, 0.4) is 0 Å². The van der Waals surface area contributed by atoms with Gasteiger partial charge in [-0.3, -0.25) is 0 Å². The Morgan fingerprint density at radius 1 is 1.12 bits per heavy atom. The Morgan fingerprint density at radius 3 is 2.59 bits per heavy atom. The third kappa shape index (κ3) is 4.82. The Morgan fingerprint density at radius 2 is 1.88 bits per heavy atom. The number of benzene rings is 1. The van der Waals surface area contributed by atoms with Gasteiger partial charge in [-0.1, -0.05) is 49.3 Å². The molecule has 0 bridgehead atoms. The van der Waals surface area contributed by atoms with Gasteiger partial charge in [0, 0.05) is 33.8 Å². The molecule has 34 heavy (non-hydrogen) atoms. The Kier molecular flexibility index (Phi) is 6.85. The van der Waals surface area contributed by atoms with Crippen molar-refractivity contribution < 1.29 is 4.74 Å². The number of rotatable bonds is 6. The Balaban J connectivity index is 1.68. The van der Waals surface area contributed by atoms with Crippen LogP contribution in [-0.2, 0) is 29.9 Å². The molecule has 4 aromatic rings. The van der Waals surface area contributed by atoms with Crippen molar-refractivity contribution in [3.8, 4) is 0 Å². The lowest BCUT2D eigenvalue weighted by Gasteiger charge is -2.33. The lowest BCUT2D eigenvalue weighted by Crippen LogP contribution is -2.33. The monoisotopic (exact) mass is 529 g/mol. The van der Waals surface area contributed by atoms with Crippen molar-refractivity contribution in [3.05, 3.63) is 51.7 Å². The Labute approximate surface area is 218 Å². The number of aromatic nitrogens is 3. The van der Waals surface area contributed by atoms with E-state index in [1.165, 1.54) is 27.8 Å². The van der Waals surface area contributed by atoms with Crippen LogP contribution < -0.4 is 0 Å². The van der Waals surface area contributed by atoms with E-state index in [2.05, 4.69) is 39.8 Å². The molecule has 3 aromatic heterocycles. The number of halogens is 1. The molecule has 0 fully saturated rings. The topological polar surface area (TPSA) is 47.9 Å². The van der Waals surface area contributed by atoms with Crippen LogP contribution >= 0.6 is 46.5 Å². The van der Waals surface area contributed by atoms with Gasteiger partial charge in [0.2, 0.25) is 0 Å². The fourth-order valence-corrected chi connectivity index (χ4v) is 7.15. The van der Waals surface area contributed by atoms with Crippen molar-refractivity contribution in [1.82, 2.24) is 15.0 Å². The van der Waals surface area contributed by atoms with Crippen molar-refractivity contribution in [2.45, 2.75) is 68.7 Å². The summed E-state index contributed by atoms with van der Waals surface area (Å²) in [7, 11) is 0. The summed E-state index contributed by atoms with van der Waals surface area (Å²) >= 11 is 11.1. The van der Waals surface area contributed by atoms with Gasteiger partial charge in [0.05, 0.1) is 22.4 Å². The molecule has 0 spiro atoms. The highest BCUT2D eigenvalue weighted by Crippen LogP contribution is 2.44. The predicted molar refractivity (Wildman–Crippen MR) is 147 cm³/mol. The number of thioether (sulfide) groups is 2. The summed E-state index contributed by atoms with van der Waals surface area (Å²) in [4.78, 5) is 16.2. The van der Waals surface area contributed by atoms with Crippen molar-refractivity contribution in [1.29, 1.82) is 0 Å². The summed E-state index contributed by atoms with van der Waals surface area (Å²) in [5.41, 5.74) is 5.86. The second-order valence-electron chi connectivity index (χ2n) is 9.73. The first-order valence-corrected chi connectivity index (χ1v) is 14.8. The number of hydrogen-bond acceptors (Lipinski definition) is 7. The molecule has 4 nitrogen and oxygen atoms in total. The summed E-state index contributed by atoms with van der Waals surface area (Å²) in [6.45, 7) is 9.46. The first-order chi connectivity index (χ1) is 16.2. The van der Waals surface area contributed by atoms with Gasteiger partial charge in [-0.15, -0.1) is 23.1 Å². The quantitative estimate of drug-likeness (QED) is 0.143. The highest BCUT2D eigenvalue weighted by molar-refractivity contribution is 7.99. The second kappa shape index (κ2) is 9.58. The zero-order valence-corrected chi connectivity index (χ0v) is 23.3. The van der Waals surface area contributed by atoms with Gasteiger partial charge in [-0.25, -0.2) is 15.0 Å². The molecule has 0 aliphatic carbocycles. The molecule has 178 valence electrons. The largest absolute Gasteiger partial charge is 0.370 e. The maximum atomic E-state index is 6.23. The van der Waals surface area contributed by atoms with Crippen LogP contribution in [0.2, 0.25) is 5.02 Å². The molecule has 0 N–H and O–H groups in total. The number of fused-ring (bicyclic) bond motifs is 5. The molecule has 0 saturated heterocycles. The Hall–Kier alpha value is -1.38. The van der Waals surface area contributed by atoms with E-state index in [1.54, 1.807) is 34.9 Å². The zero-order chi connectivity index (χ0) is 24.0. The summed E-state index contributed by atoms with van der Waals surface area (Å²) in [5, 5.41) is 3.78. The van der Waals surface area contributed by atoms with Crippen LogP contribution in [0.15, 0.2) is 34.4 Å². The molecule has 0 atom stereocenters. The highest BCUT2D eigenvalue weighted by Gasteiger charge is 2.32. The summed E-state index contributed by atoms with van der Waals surface area (Å²) in [6.07, 6.45) is 3.86. The van der Waals surface area contributed by atoms with Crippen molar-refractivity contribution >= 4 is 66.9 Å². The van der Waals surface area contributed by atoms with E-state index in [4.69, 9.17) is 31.3 Å². The summed E-state index contributed by atoms with van der Waals surface area (Å²) in [6, 6.07) is 8.03. The van der Waals surface area contributed by atoms with Gasteiger partial charge in [0.1, 0.15) is 9.86 Å². The van der Waals surface area contributed by atoms with Crippen LogP contribution in [0, 0.1) is 5.92 Å². The lowest BCUT2D eigenvalue weighted by atomic mass is 9.88. The Bertz CT molecular complexity index is 1370. The van der Waals surface area contributed by atoms with Crippen molar-refractivity contribution in [2.75, 3.05) is 6.26 Å². The van der Waals surface area contributed by atoms with Gasteiger partial charge in [0.25, 0.3) is 0 Å². The maximum Gasteiger partial charge on any atom is 0.189 e. The van der Waals surface area contributed by atoms with E-state index in [0.29, 0.717) is 12.5 Å². The minimum absolute atomic E-state index is 0.202. The molecule has 0 saturated carbocycles. The van der Waals surface area contributed by atoms with Crippen LogP contribution in [0.25, 0.3) is 20.4 Å². The van der Waals surface area contributed by atoms with Gasteiger partial charge >= 0.3 is 0 Å². The number of nitrogens with zero attached hydrogens (tertiary/aromatic N) is 3. The standard InChI is InChI=1S/C26H28ClN3OS3/c1-14(2)10-19-18-12-31-26(3,4)11-17(18)20-21-22(34-23(20)28-19)24(30-25(29-21)32-5)33-13-15-6-8-16(27)9-7-15/h6-9,14H,10-13H2,1-5H3. The number of pyridine rings is 1. The molecule has 0 amide bonds. The normalized spacial score (nSPS) is 15.4. The van der Waals surface area contributed by atoms with E-state index in [9.17, 15) is 0 Å².